The lowest BCUT2D eigenvalue weighted by Crippen LogP contribution is -2.46. The Morgan fingerprint density at radius 3 is 2.31 bits per heavy atom. The number of anilines is 2. The van der Waals surface area contributed by atoms with Gasteiger partial charge in [0.15, 0.2) is 0 Å². The number of piperazine rings is 1. The Hall–Kier alpha value is -5.42. The molecule has 0 bridgehead atoms. The van der Waals surface area contributed by atoms with Gasteiger partial charge in [-0.2, -0.15) is 0 Å². The monoisotopic (exact) mass is 895 g/mol. The number of hydrogen-bond acceptors (Lipinski definition) is 12. The number of hydroxylamine groups is 1. The van der Waals surface area contributed by atoms with E-state index in [9.17, 15) is 23.3 Å². The van der Waals surface area contributed by atoms with Crippen LogP contribution in [-0.2, 0) is 21.4 Å². The van der Waals surface area contributed by atoms with Crippen LogP contribution < -0.4 is 20.4 Å². The maximum Gasteiger partial charge on any atom is 0.293 e. The average Bonchev–Trinajstić information content (AvgIpc) is 3.29. The number of hydrogen-bond donors (Lipinski definition) is 3. The number of sulfonamides is 1. The number of nitro groups is 1. The van der Waals surface area contributed by atoms with E-state index in [1.807, 2.05) is 72.8 Å². The molecule has 1 atom stereocenters. The molecule has 5 aromatic carbocycles. The quantitative estimate of drug-likeness (QED) is 0.0444. The lowest BCUT2D eigenvalue weighted by Gasteiger charge is -2.36. The Balaban J connectivity index is 0.958. The Morgan fingerprint density at radius 1 is 0.887 bits per heavy atom. The fourth-order valence-electron chi connectivity index (χ4n) is 7.60. The zero-order chi connectivity index (χ0) is 43.5. The summed E-state index contributed by atoms with van der Waals surface area (Å²) in [5.74, 6) is -0.214. The van der Waals surface area contributed by atoms with Crippen molar-refractivity contribution < 1.29 is 23.0 Å². The third-order valence-electron chi connectivity index (χ3n) is 11.0. The molecule has 2 aliphatic heterocycles. The minimum absolute atomic E-state index is 0.150. The Morgan fingerprint density at radius 2 is 1.61 bits per heavy atom. The smallest absolute Gasteiger partial charge is 0.293 e. The second-order valence-electron chi connectivity index (χ2n) is 15.2. The first-order valence-corrected chi connectivity index (χ1v) is 23.3. The number of nitrogens with zero attached hydrogens (tertiary/aromatic N) is 4. The average molecular weight is 897 g/mol. The molecular formula is C46H50ClN7O6S2. The zero-order valence-electron chi connectivity index (χ0n) is 34.4. The summed E-state index contributed by atoms with van der Waals surface area (Å²) in [6.45, 7) is 6.38. The van der Waals surface area contributed by atoms with Gasteiger partial charge in [0.2, 0.25) is 0 Å². The molecule has 0 aromatic heterocycles. The molecule has 324 valence electrons. The molecule has 13 nitrogen and oxygen atoms in total. The molecule has 1 saturated heterocycles. The fraction of sp³-hybridized carbons (Fsp3) is 0.283. The normalized spacial score (nSPS) is 15.4. The van der Waals surface area contributed by atoms with Crippen LogP contribution in [0.3, 0.4) is 0 Å². The van der Waals surface area contributed by atoms with E-state index in [4.69, 9.17) is 16.4 Å². The third kappa shape index (κ3) is 11.9. The molecule has 16 heteroatoms. The predicted octanol–water partition coefficient (Wildman–Crippen LogP) is 8.06. The topological polar surface area (TPSA) is 149 Å². The van der Waals surface area contributed by atoms with Gasteiger partial charge in [-0.3, -0.25) is 35.0 Å². The SMILES string of the molecule is CONC1=CCN(CC[C@H](CSc2ccccc2)Nc2ccc(S(=O)(=O)NC(=O)c3ccc(N4CCN(Cc5ccccc5-c5ccc(Cl)cc5)CC4)cc3)cc2[N+](=O)[O-])CC1. The first kappa shape index (κ1) is 44.6. The van der Waals surface area contributed by atoms with Crippen molar-refractivity contribution >= 4 is 56.4 Å². The van der Waals surface area contributed by atoms with E-state index in [1.54, 1.807) is 31.0 Å². The highest BCUT2D eigenvalue weighted by molar-refractivity contribution is 7.99. The van der Waals surface area contributed by atoms with Crippen LogP contribution in [0.2, 0.25) is 5.02 Å². The molecule has 0 radical (unpaired) electrons. The molecule has 0 unspecified atom stereocenters. The van der Waals surface area contributed by atoms with Crippen LogP contribution in [-0.4, -0.2) is 93.8 Å². The van der Waals surface area contributed by atoms with Gasteiger partial charge in [-0.05, 0) is 89.9 Å². The van der Waals surface area contributed by atoms with E-state index in [-0.39, 0.29) is 22.2 Å². The van der Waals surface area contributed by atoms with Crippen LogP contribution in [0, 0.1) is 10.1 Å². The molecule has 1 amide bonds. The van der Waals surface area contributed by atoms with Crippen molar-refractivity contribution in [3.63, 3.8) is 0 Å². The minimum atomic E-state index is -4.46. The standard InChI is InChI=1S/C46H50ClN7O6S2/c1-60-49-38-21-24-51(25-22-38)26-23-39(33-61-41-8-3-2-4-9-41)48-44-20-19-42(31-45(44)54(56)57)62(58,59)50-46(55)35-13-17-40(18-14-35)53-29-27-52(28-30-53)32-36-7-5-6-10-43(36)34-11-15-37(47)16-12-34/h2-21,31,39,48-49H,22-30,32-33H2,1H3,(H,50,55)/t39-/m1/s1. The molecule has 0 saturated carbocycles. The van der Waals surface area contributed by atoms with E-state index >= 15 is 0 Å². The molecule has 2 heterocycles. The minimum Gasteiger partial charge on any atom is -0.376 e. The molecule has 7 rings (SSSR count). The van der Waals surface area contributed by atoms with Crippen molar-refractivity contribution in [2.24, 2.45) is 0 Å². The van der Waals surface area contributed by atoms with Crippen molar-refractivity contribution in [2.45, 2.75) is 35.2 Å². The van der Waals surface area contributed by atoms with Gasteiger partial charge in [-0.25, -0.2) is 13.1 Å². The number of benzene rings is 5. The Kier molecular flexibility index (Phi) is 15.2. The van der Waals surface area contributed by atoms with Crippen LogP contribution >= 0.6 is 23.4 Å². The van der Waals surface area contributed by atoms with Crippen LogP contribution in [0.25, 0.3) is 11.1 Å². The largest absolute Gasteiger partial charge is 0.376 e. The van der Waals surface area contributed by atoms with Crippen molar-refractivity contribution in [3.05, 3.63) is 159 Å². The summed E-state index contributed by atoms with van der Waals surface area (Å²) >= 11 is 7.76. The summed E-state index contributed by atoms with van der Waals surface area (Å²) in [6, 6.07) is 36.5. The van der Waals surface area contributed by atoms with Crippen molar-refractivity contribution in [2.75, 3.05) is 68.9 Å². The van der Waals surface area contributed by atoms with Crippen LogP contribution in [0.1, 0.15) is 28.8 Å². The highest BCUT2D eigenvalue weighted by Crippen LogP contribution is 2.31. The van der Waals surface area contributed by atoms with Gasteiger partial charge in [-0.15, -0.1) is 11.8 Å². The highest BCUT2D eigenvalue weighted by Gasteiger charge is 2.26. The van der Waals surface area contributed by atoms with Crippen LogP contribution in [0.15, 0.2) is 143 Å². The second kappa shape index (κ2) is 21.1. The lowest BCUT2D eigenvalue weighted by molar-refractivity contribution is -0.384. The molecular weight excluding hydrogens is 846 g/mol. The molecule has 5 aromatic rings. The Bertz CT molecular complexity index is 2450. The van der Waals surface area contributed by atoms with Gasteiger partial charge in [0.25, 0.3) is 21.6 Å². The lowest BCUT2D eigenvalue weighted by atomic mass is 9.99. The van der Waals surface area contributed by atoms with E-state index in [0.717, 1.165) is 86.7 Å². The number of thioether (sulfide) groups is 1. The van der Waals surface area contributed by atoms with Gasteiger partial charge < -0.3 is 10.2 Å². The second-order valence-corrected chi connectivity index (χ2v) is 18.4. The summed E-state index contributed by atoms with van der Waals surface area (Å²) in [6.07, 6.45) is 3.58. The molecule has 0 spiro atoms. The number of nitro benzene ring substituents is 1. The fourth-order valence-corrected chi connectivity index (χ4v) is 9.71. The third-order valence-corrected chi connectivity index (χ3v) is 13.8. The molecule has 0 aliphatic carbocycles. The first-order chi connectivity index (χ1) is 30.0. The summed E-state index contributed by atoms with van der Waals surface area (Å²) in [7, 11) is -2.87. The zero-order valence-corrected chi connectivity index (χ0v) is 36.8. The summed E-state index contributed by atoms with van der Waals surface area (Å²) in [5, 5.41) is 16.4. The summed E-state index contributed by atoms with van der Waals surface area (Å²) < 4.78 is 29.1. The van der Waals surface area contributed by atoms with Crippen molar-refractivity contribution in [1.29, 1.82) is 0 Å². The Labute approximate surface area is 372 Å². The number of carbonyl (C=O) groups is 1. The number of rotatable bonds is 18. The van der Waals surface area contributed by atoms with Crippen molar-refractivity contribution in [3.8, 4) is 11.1 Å². The van der Waals surface area contributed by atoms with Crippen LogP contribution in [0.4, 0.5) is 17.1 Å². The van der Waals surface area contributed by atoms with Crippen LogP contribution in [0.5, 0.6) is 0 Å². The number of carbonyl (C=O) groups excluding carboxylic acids is 1. The summed E-state index contributed by atoms with van der Waals surface area (Å²) in [5.41, 5.74) is 8.35. The van der Waals surface area contributed by atoms with E-state index < -0.39 is 26.5 Å². The van der Waals surface area contributed by atoms with E-state index in [1.165, 1.54) is 23.3 Å². The summed E-state index contributed by atoms with van der Waals surface area (Å²) in [4.78, 5) is 37.7. The maximum atomic E-state index is 13.5. The van der Waals surface area contributed by atoms with Gasteiger partial charge >= 0.3 is 0 Å². The van der Waals surface area contributed by atoms with Gasteiger partial charge in [0, 0.05) is 104 Å². The predicted molar refractivity (Wildman–Crippen MR) is 247 cm³/mol. The van der Waals surface area contributed by atoms with Crippen molar-refractivity contribution in [1.82, 2.24) is 20.0 Å². The molecule has 2 aliphatic rings. The van der Waals surface area contributed by atoms with Gasteiger partial charge in [0.1, 0.15) is 5.69 Å². The number of amides is 1. The molecule has 3 N–H and O–H groups in total. The first-order valence-electron chi connectivity index (χ1n) is 20.5. The van der Waals surface area contributed by atoms with E-state index in [2.05, 4.69) is 54.5 Å². The maximum absolute atomic E-state index is 13.5. The van der Waals surface area contributed by atoms with Gasteiger partial charge in [0.05, 0.1) is 16.9 Å². The van der Waals surface area contributed by atoms with E-state index in [0.29, 0.717) is 17.2 Å². The number of nitrogens with one attached hydrogen (secondary N) is 3. The highest BCUT2D eigenvalue weighted by atomic mass is 35.5. The number of halogens is 1. The molecule has 62 heavy (non-hydrogen) atoms. The van der Waals surface area contributed by atoms with Gasteiger partial charge in [-0.1, -0.05) is 66.2 Å². The molecule has 1 fully saturated rings.